The molecule has 5 nitrogen and oxygen atoms in total. The molecule has 0 aliphatic carbocycles. The average molecular weight is 542 g/mol. The minimum absolute atomic E-state index is 0.234. The molecular formula is C25H15BrCl2N2O3. The maximum Gasteiger partial charge on any atom is 0.259 e. The van der Waals surface area contributed by atoms with Gasteiger partial charge in [0.05, 0.1) is 17.7 Å². The molecule has 164 valence electrons. The van der Waals surface area contributed by atoms with Crippen molar-refractivity contribution in [1.29, 1.82) is 0 Å². The van der Waals surface area contributed by atoms with Crippen LogP contribution >= 0.6 is 39.1 Å². The topological polar surface area (TPSA) is 64.4 Å². The van der Waals surface area contributed by atoms with Gasteiger partial charge in [-0.3, -0.25) is 4.79 Å². The standard InChI is InChI=1S/C25H15BrCl2N2O3/c1-32-23-18(10-13(27)11-20(23)28)24(31)29-14-8-9-22-21(12-14)30-25(33-22)17-6-2-5-16-15(17)4-3-7-19(16)26/h2-12H,1H3,(H,29,31). The Bertz CT molecular complexity index is 1550. The number of nitrogens with zero attached hydrogens (tertiary/aromatic N) is 1. The fraction of sp³-hybridized carbons (Fsp3) is 0.0400. The molecular weight excluding hydrogens is 527 g/mol. The Labute approximate surface area is 207 Å². The summed E-state index contributed by atoms with van der Waals surface area (Å²) >= 11 is 15.8. The SMILES string of the molecule is COc1c(Cl)cc(Cl)cc1C(=O)Nc1ccc2oc(-c3cccc4c(Br)cccc34)nc2c1. The highest BCUT2D eigenvalue weighted by Gasteiger charge is 2.18. The number of ether oxygens (including phenoxy) is 1. The van der Waals surface area contributed by atoms with Gasteiger partial charge in [-0.25, -0.2) is 4.98 Å². The predicted molar refractivity (Wildman–Crippen MR) is 136 cm³/mol. The van der Waals surface area contributed by atoms with Crippen LogP contribution in [-0.2, 0) is 0 Å². The second-order valence-electron chi connectivity index (χ2n) is 7.26. The van der Waals surface area contributed by atoms with E-state index in [0.717, 1.165) is 20.8 Å². The van der Waals surface area contributed by atoms with Gasteiger partial charge in [0.2, 0.25) is 5.89 Å². The largest absolute Gasteiger partial charge is 0.494 e. The van der Waals surface area contributed by atoms with Crippen LogP contribution in [0.15, 0.2) is 75.6 Å². The summed E-state index contributed by atoms with van der Waals surface area (Å²) in [6.07, 6.45) is 0. The van der Waals surface area contributed by atoms with Crippen molar-refractivity contribution in [2.45, 2.75) is 0 Å². The highest BCUT2D eigenvalue weighted by atomic mass is 79.9. The summed E-state index contributed by atoms with van der Waals surface area (Å²) in [5, 5.41) is 5.53. The van der Waals surface area contributed by atoms with Gasteiger partial charge in [0.1, 0.15) is 11.3 Å². The van der Waals surface area contributed by atoms with Crippen molar-refractivity contribution in [2.75, 3.05) is 12.4 Å². The molecule has 0 spiro atoms. The summed E-state index contributed by atoms with van der Waals surface area (Å²) in [7, 11) is 1.45. The van der Waals surface area contributed by atoms with Crippen LogP contribution in [0.2, 0.25) is 10.0 Å². The molecule has 1 amide bonds. The number of fused-ring (bicyclic) bond motifs is 2. The second-order valence-corrected chi connectivity index (χ2v) is 8.96. The first-order valence-corrected chi connectivity index (χ1v) is 11.4. The Kier molecular flexibility index (Phi) is 5.74. The average Bonchev–Trinajstić information content (AvgIpc) is 3.22. The van der Waals surface area contributed by atoms with Crippen LogP contribution in [0.1, 0.15) is 10.4 Å². The number of methoxy groups -OCH3 is 1. The second kappa shape index (κ2) is 8.71. The molecule has 8 heteroatoms. The van der Waals surface area contributed by atoms with E-state index in [2.05, 4.69) is 26.2 Å². The third-order valence-corrected chi connectivity index (χ3v) is 6.39. The summed E-state index contributed by atoms with van der Waals surface area (Å²) in [5.41, 5.74) is 2.89. The summed E-state index contributed by atoms with van der Waals surface area (Å²) in [5.74, 6) is 0.351. The number of benzene rings is 4. The van der Waals surface area contributed by atoms with E-state index < -0.39 is 5.91 Å². The Hall–Kier alpha value is -3.06. The molecule has 33 heavy (non-hydrogen) atoms. The smallest absolute Gasteiger partial charge is 0.259 e. The predicted octanol–water partition coefficient (Wildman–Crippen LogP) is 7.98. The first-order valence-electron chi connectivity index (χ1n) is 9.87. The number of oxazole rings is 1. The van der Waals surface area contributed by atoms with Gasteiger partial charge in [-0.1, -0.05) is 63.4 Å². The van der Waals surface area contributed by atoms with Crippen molar-refractivity contribution in [2.24, 2.45) is 0 Å². The number of aromatic nitrogens is 1. The van der Waals surface area contributed by atoms with Crippen LogP contribution < -0.4 is 10.1 Å². The van der Waals surface area contributed by atoms with Crippen LogP contribution in [0.5, 0.6) is 5.75 Å². The zero-order valence-corrected chi connectivity index (χ0v) is 20.3. The summed E-state index contributed by atoms with van der Waals surface area (Å²) < 4.78 is 12.3. The number of nitrogens with one attached hydrogen (secondary N) is 1. The van der Waals surface area contributed by atoms with Gasteiger partial charge < -0.3 is 14.5 Å². The van der Waals surface area contributed by atoms with Crippen LogP contribution in [0, 0.1) is 0 Å². The normalized spacial score (nSPS) is 11.2. The Morgan fingerprint density at radius 1 is 1.03 bits per heavy atom. The molecule has 0 radical (unpaired) electrons. The molecule has 0 saturated carbocycles. The van der Waals surface area contributed by atoms with Crippen LogP contribution in [0.25, 0.3) is 33.3 Å². The van der Waals surface area contributed by atoms with Gasteiger partial charge in [-0.05, 0) is 53.2 Å². The lowest BCUT2D eigenvalue weighted by atomic mass is 10.0. The molecule has 5 rings (SSSR count). The van der Waals surface area contributed by atoms with Gasteiger partial charge in [0.25, 0.3) is 5.91 Å². The van der Waals surface area contributed by atoms with E-state index in [0.29, 0.717) is 27.7 Å². The van der Waals surface area contributed by atoms with Gasteiger partial charge in [-0.15, -0.1) is 0 Å². The lowest BCUT2D eigenvalue weighted by molar-refractivity contribution is 0.102. The highest BCUT2D eigenvalue weighted by molar-refractivity contribution is 9.10. The minimum atomic E-state index is -0.404. The Morgan fingerprint density at radius 2 is 1.82 bits per heavy atom. The molecule has 0 aliphatic rings. The molecule has 1 aromatic heterocycles. The van der Waals surface area contributed by atoms with Crippen molar-refractivity contribution in [3.05, 3.63) is 86.8 Å². The number of amides is 1. The first-order chi connectivity index (χ1) is 15.9. The van der Waals surface area contributed by atoms with Crippen LogP contribution in [0.4, 0.5) is 5.69 Å². The Morgan fingerprint density at radius 3 is 2.64 bits per heavy atom. The number of halogens is 3. The lowest BCUT2D eigenvalue weighted by Crippen LogP contribution is -2.13. The van der Waals surface area contributed by atoms with Gasteiger partial charge >= 0.3 is 0 Å². The minimum Gasteiger partial charge on any atom is -0.494 e. The van der Waals surface area contributed by atoms with E-state index in [1.807, 2.05) is 36.4 Å². The third-order valence-electron chi connectivity index (χ3n) is 5.20. The molecule has 0 atom stereocenters. The third kappa shape index (κ3) is 4.06. The molecule has 0 unspecified atom stereocenters. The summed E-state index contributed by atoms with van der Waals surface area (Å²) in [6, 6.07) is 20.3. The fourth-order valence-corrected chi connectivity index (χ4v) is 4.78. The van der Waals surface area contributed by atoms with Crippen molar-refractivity contribution < 1.29 is 13.9 Å². The molecule has 1 N–H and O–H groups in total. The van der Waals surface area contributed by atoms with E-state index in [1.165, 1.54) is 19.2 Å². The maximum atomic E-state index is 12.9. The lowest BCUT2D eigenvalue weighted by Gasteiger charge is -2.11. The Balaban J connectivity index is 1.50. The molecule has 0 bridgehead atoms. The molecule has 5 aromatic rings. The zero-order valence-electron chi connectivity index (χ0n) is 17.2. The van der Waals surface area contributed by atoms with Crippen molar-refractivity contribution >= 4 is 72.6 Å². The number of carbonyl (C=O) groups is 1. The summed E-state index contributed by atoms with van der Waals surface area (Å²) in [6.45, 7) is 0. The number of carbonyl (C=O) groups excluding carboxylic acids is 1. The van der Waals surface area contributed by atoms with E-state index in [-0.39, 0.29) is 16.3 Å². The van der Waals surface area contributed by atoms with E-state index >= 15 is 0 Å². The quantitative estimate of drug-likeness (QED) is 0.250. The number of anilines is 1. The van der Waals surface area contributed by atoms with Crippen molar-refractivity contribution in [3.8, 4) is 17.2 Å². The highest BCUT2D eigenvalue weighted by Crippen LogP contribution is 2.35. The summed E-state index contributed by atoms with van der Waals surface area (Å²) in [4.78, 5) is 17.5. The molecule has 0 fully saturated rings. The van der Waals surface area contributed by atoms with Gasteiger partial charge in [0, 0.05) is 20.7 Å². The number of hydrogen-bond acceptors (Lipinski definition) is 4. The zero-order chi connectivity index (χ0) is 23.1. The van der Waals surface area contributed by atoms with Gasteiger partial charge in [0.15, 0.2) is 5.58 Å². The fourth-order valence-electron chi connectivity index (χ4n) is 3.71. The van der Waals surface area contributed by atoms with E-state index in [1.54, 1.807) is 18.2 Å². The molecule has 0 saturated heterocycles. The molecule has 1 heterocycles. The maximum absolute atomic E-state index is 12.9. The van der Waals surface area contributed by atoms with Crippen molar-refractivity contribution in [3.63, 3.8) is 0 Å². The molecule has 4 aromatic carbocycles. The van der Waals surface area contributed by atoms with Gasteiger partial charge in [-0.2, -0.15) is 0 Å². The van der Waals surface area contributed by atoms with E-state index in [4.69, 9.17) is 32.4 Å². The molecule has 0 aliphatic heterocycles. The van der Waals surface area contributed by atoms with E-state index in [9.17, 15) is 4.79 Å². The monoisotopic (exact) mass is 540 g/mol. The number of hydrogen-bond donors (Lipinski definition) is 1. The van der Waals surface area contributed by atoms with Crippen LogP contribution in [-0.4, -0.2) is 18.0 Å². The van der Waals surface area contributed by atoms with Crippen molar-refractivity contribution in [1.82, 2.24) is 4.98 Å². The van der Waals surface area contributed by atoms with Crippen LogP contribution in [0.3, 0.4) is 0 Å². The number of rotatable bonds is 4. The first kappa shape index (κ1) is 21.8.